The molecule has 0 N–H and O–H groups in total. The molecule has 2 aromatic rings. The van der Waals surface area contributed by atoms with Crippen molar-refractivity contribution >= 4 is 11.8 Å². The number of para-hydroxylation sites is 1. The van der Waals surface area contributed by atoms with Crippen LogP contribution in [0.2, 0.25) is 0 Å². The highest BCUT2D eigenvalue weighted by Crippen LogP contribution is 2.18. The Bertz CT molecular complexity index is 699. The molecule has 0 unspecified atom stereocenters. The van der Waals surface area contributed by atoms with E-state index in [0.29, 0.717) is 11.3 Å². The number of hydrogen-bond donors (Lipinski definition) is 0. The van der Waals surface area contributed by atoms with Gasteiger partial charge in [0.05, 0.1) is 12.7 Å². The molecular weight excluding hydrogens is 303 g/mol. The molecule has 6 heteroatoms. The molecule has 0 aliphatic rings. The molecule has 2 aromatic carbocycles. The first-order valence-corrected chi connectivity index (χ1v) is 6.80. The molecule has 0 amide bonds. The molecule has 0 radical (unpaired) electrons. The zero-order chi connectivity index (χ0) is 16.7. The Morgan fingerprint density at radius 3 is 2.57 bits per heavy atom. The molecule has 23 heavy (non-hydrogen) atoms. The van der Waals surface area contributed by atoms with Gasteiger partial charge in [-0.05, 0) is 24.3 Å². The van der Waals surface area contributed by atoms with E-state index < -0.39 is 25.0 Å². The van der Waals surface area contributed by atoms with E-state index in [1.54, 1.807) is 24.3 Å². The highest BCUT2D eigenvalue weighted by atomic mass is 19.1. The number of carbonyl (C=O) groups is 2. The summed E-state index contributed by atoms with van der Waals surface area (Å²) >= 11 is 0. The minimum Gasteiger partial charge on any atom is -0.496 e. The second-order valence-electron chi connectivity index (χ2n) is 4.53. The average molecular weight is 318 g/mol. The van der Waals surface area contributed by atoms with Crippen LogP contribution in [0.4, 0.5) is 4.39 Å². The lowest BCUT2D eigenvalue weighted by molar-refractivity contribution is -0.144. The van der Waals surface area contributed by atoms with Crippen molar-refractivity contribution in [1.82, 2.24) is 0 Å². The first-order chi connectivity index (χ1) is 11.1. The van der Waals surface area contributed by atoms with Gasteiger partial charge in [0.15, 0.2) is 13.2 Å². The Morgan fingerprint density at radius 2 is 1.83 bits per heavy atom. The summed E-state index contributed by atoms with van der Waals surface area (Å²) in [6, 6.07) is 12.0. The number of ether oxygens (including phenoxy) is 3. The third kappa shape index (κ3) is 4.81. The number of ketones is 1. The van der Waals surface area contributed by atoms with E-state index in [1.807, 2.05) is 0 Å². The highest BCUT2D eigenvalue weighted by Gasteiger charge is 2.14. The van der Waals surface area contributed by atoms with Crippen LogP contribution in [0.1, 0.15) is 10.4 Å². The second kappa shape index (κ2) is 7.93. The van der Waals surface area contributed by atoms with Gasteiger partial charge in [0.25, 0.3) is 0 Å². The van der Waals surface area contributed by atoms with Gasteiger partial charge >= 0.3 is 5.97 Å². The molecule has 0 spiro atoms. The van der Waals surface area contributed by atoms with Crippen LogP contribution in [-0.2, 0) is 9.53 Å². The van der Waals surface area contributed by atoms with Gasteiger partial charge in [-0.2, -0.15) is 0 Å². The molecule has 0 aliphatic carbocycles. The summed E-state index contributed by atoms with van der Waals surface area (Å²) in [6.45, 7) is -0.839. The van der Waals surface area contributed by atoms with Crippen molar-refractivity contribution in [3.63, 3.8) is 0 Å². The molecule has 0 aromatic heterocycles. The number of carbonyl (C=O) groups excluding carboxylic acids is 2. The number of esters is 1. The van der Waals surface area contributed by atoms with Gasteiger partial charge < -0.3 is 14.2 Å². The van der Waals surface area contributed by atoms with Crippen molar-refractivity contribution in [2.45, 2.75) is 0 Å². The molecule has 2 rings (SSSR count). The van der Waals surface area contributed by atoms with Crippen molar-refractivity contribution in [3.05, 3.63) is 59.9 Å². The fraction of sp³-hybridized carbons (Fsp3) is 0.176. The van der Waals surface area contributed by atoms with E-state index in [4.69, 9.17) is 14.2 Å². The predicted molar refractivity (Wildman–Crippen MR) is 80.2 cm³/mol. The van der Waals surface area contributed by atoms with Crippen LogP contribution in [0.25, 0.3) is 0 Å². The quantitative estimate of drug-likeness (QED) is 0.580. The predicted octanol–water partition coefficient (Wildman–Crippen LogP) is 2.64. The van der Waals surface area contributed by atoms with Crippen LogP contribution in [0.3, 0.4) is 0 Å². The van der Waals surface area contributed by atoms with Crippen molar-refractivity contribution in [2.75, 3.05) is 20.3 Å². The Kier molecular flexibility index (Phi) is 5.68. The van der Waals surface area contributed by atoms with E-state index in [1.165, 1.54) is 25.3 Å². The normalized spacial score (nSPS) is 10.0. The molecule has 0 bridgehead atoms. The molecule has 0 fully saturated rings. The Balaban J connectivity index is 1.83. The van der Waals surface area contributed by atoms with Crippen LogP contribution in [0, 0.1) is 5.82 Å². The van der Waals surface area contributed by atoms with E-state index >= 15 is 0 Å². The standard InChI is InChI=1S/C17H15FO5/c1-21-16-8-3-2-7-14(16)15(19)10-23-17(20)11-22-13-6-4-5-12(18)9-13/h2-9H,10-11H2,1H3. The van der Waals surface area contributed by atoms with Crippen molar-refractivity contribution in [2.24, 2.45) is 0 Å². The first kappa shape index (κ1) is 16.5. The maximum absolute atomic E-state index is 13.0. The Hall–Kier alpha value is -2.89. The maximum Gasteiger partial charge on any atom is 0.344 e. The summed E-state index contributed by atoms with van der Waals surface area (Å²) in [5.74, 6) is -0.969. The molecule has 0 atom stereocenters. The lowest BCUT2D eigenvalue weighted by Crippen LogP contribution is -2.19. The third-order valence-corrected chi connectivity index (χ3v) is 2.92. The SMILES string of the molecule is COc1ccccc1C(=O)COC(=O)COc1cccc(F)c1. The number of rotatable bonds is 7. The van der Waals surface area contributed by atoms with Crippen LogP contribution in [0.15, 0.2) is 48.5 Å². The van der Waals surface area contributed by atoms with Gasteiger partial charge in [0, 0.05) is 6.07 Å². The lowest BCUT2D eigenvalue weighted by Gasteiger charge is -2.09. The Morgan fingerprint density at radius 1 is 1.04 bits per heavy atom. The summed E-state index contributed by atoms with van der Waals surface area (Å²) in [4.78, 5) is 23.6. The second-order valence-corrected chi connectivity index (χ2v) is 4.53. The number of halogens is 1. The van der Waals surface area contributed by atoms with Crippen molar-refractivity contribution < 1.29 is 28.2 Å². The van der Waals surface area contributed by atoms with Crippen LogP contribution in [0.5, 0.6) is 11.5 Å². The number of benzene rings is 2. The monoisotopic (exact) mass is 318 g/mol. The molecule has 0 saturated carbocycles. The fourth-order valence-corrected chi connectivity index (χ4v) is 1.84. The van der Waals surface area contributed by atoms with Gasteiger partial charge in [-0.15, -0.1) is 0 Å². The summed E-state index contributed by atoms with van der Waals surface area (Å²) in [7, 11) is 1.45. The summed E-state index contributed by atoms with van der Waals surface area (Å²) < 4.78 is 27.9. The van der Waals surface area contributed by atoms with Gasteiger partial charge in [-0.3, -0.25) is 4.79 Å². The largest absolute Gasteiger partial charge is 0.496 e. The molecule has 0 saturated heterocycles. The zero-order valence-corrected chi connectivity index (χ0v) is 12.5. The van der Waals surface area contributed by atoms with Crippen LogP contribution < -0.4 is 9.47 Å². The summed E-state index contributed by atoms with van der Waals surface area (Å²) in [5, 5.41) is 0. The molecule has 120 valence electrons. The van der Waals surface area contributed by atoms with E-state index in [0.717, 1.165) is 6.07 Å². The van der Waals surface area contributed by atoms with Gasteiger partial charge in [0.2, 0.25) is 5.78 Å². The molecule has 0 aliphatic heterocycles. The topological polar surface area (TPSA) is 61.8 Å². The van der Waals surface area contributed by atoms with Crippen molar-refractivity contribution in [3.8, 4) is 11.5 Å². The molecular formula is C17H15FO5. The number of methoxy groups -OCH3 is 1. The molecule has 0 heterocycles. The zero-order valence-electron chi connectivity index (χ0n) is 12.5. The minimum absolute atomic E-state index is 0.206. The maximum atomic E-state index is 13.0. The summed E-state index contributed by atoms with van der Waals surface area (Å²) in [5.41, 5.74) is 0.328. The third-order valence-electron chi connectivity index (χ3n) is 2.92. The van der Waals surface area contributed by atoms with E-state index in [9.17, 15) is 14.0 Å². The number of hydrogen-bond acceptors (Lipinski definition) is 5. The summed E-state index contributed by atoms with van der Waals surface area (Å²) in [6.07, 6.45) is 0. The molecule has 5 nitrogen and oxygen atoms in total. The first-order valence-electron chi connectivity index (χ1n) is 6.80. The van der Waals surface area contributed by atoms with Gasteiger partial charge in [-0.25, -0.2) is 9.18 Å². The Labute approximate surface area is 132 Å². The minimum atomic E-state index is -0.725. The van der Waals surface area contributed by atoms with E-state index in [-0.39, 0.29) is 11.5 Å². The van der Waals surface area contributed by atoms with Gasteiger partial charge in [-0.1, -0.05) is 18.2 Å². The highest BCUT2D eigenvalue weighted by molar-refractivity contribution is 6.00. The number of Topliss-reactive ketones (excluding diaryl/α,β-unsaturated/α-hetero) is 1. The average Bonchev–Trinajstić information content (AvgIpc) is 2.57. The fourth-order valence-electron chi connectivity index (χ4n) is 1.84. The van der Waals surface area contributed by atoms with Gasteiger partial charge in [0.1, 0.15) is 17.3 Å². The van der Waals surface area contributed by atoms with Crippen LogP contribution in [-0.4, -0.2) is 32.1 Å². The van der Waals surface area contributed by atoms with E-state index in [2.05, 4.69) is 0 Å². The van der Waals surface area contributed by atoms with Crippen LogP contribution >= 0.6 is 0 Å². The smallest absolute Gasteiger partial charge is 0.344 e. The van der Waals surface area contributed by atoms with Crippen molar-refractivity contribution in [1.29, 1.82) is 0 Å². The lowest BCUT2D eigenvalue weighted by atomic mass is 10.1.